The number of rotatable bonds is 10. The molecule has 0 N–H and O–H groups in total. The van der Waals surface area contributed by atoms with Crippen LogP contribution in [0, 0.1) is 12.7 Å². The van der Waals surface area contributed by atoms with Crippen molar-refractivity contribution in [1.82, 2.24) is 14.3 Å². The minimum atomic E-state index is -0.404. The number of aromatic nitrogens is 2. The van der Waals surface area contributed by atoms with E-state index in [1.165, 1.54) is 65.8 Å². The standard InChI is InChI=1S/C27H28FN3O3S2/c1-3-4-5-6-7-8-15-31-26(33)22(36-27(31)35)17-21-24(34-20-13-11-19(28)12-14-20)29-23-18(2)10-9-16-30(23)25(21)32/h9-14,16-17H,3-8,15H2,1-2H3/b22-17+. The van der Waals surface area contributed by atoms with Gasteiger partial charge in [0.05, 0.1) is 4.91 Å². The molecule has 0 atom stereocenters. The number of unbranched alkanes of at least 4 members (excludes halogenated alkanes) is 5. The van der Waals surface area contributed by atoms with Gasteiger partial charge in [-0.1, -0.05) is 69.1 Å². The molecule has 3 aromatic rings. The van der Waals surface area contributed by atoms with E-state index in [-0.39, 0.29) is 22.9 Å². The molecule has 0 bridgehead atoms. The number of thiocarbonyl (C=S) groups is 1. The van der Waals surface area contributed by atoms with Gasteiger partial charge in [0.2, 0.25) is 5.88 Å². The lowest BCUT2D eigenvalue weighted by Gasteiger charge is -2.14. The zero-order valence-electron chi connectivity index (χ0n) is 20.3. The van der Waals surface area contributed by atoms with Crippen molar-refractivity contribution in [2.45, 2.75) is 52.4 Å². The van der Waals surface area contributed by atoms with Gasteiger partial charge in [-0.15, -0.1) is 0 Å². The predicted octanol–water partition coefficient (Wildman–Crippen LogP) is 6.50. The minimum absolute atomic E-state index is 0.0436. The number of thioether (sulfide) groups is 1. The van der Waals surface area contributed by atoms with Gasteiger partial charge in [0, 0.05) is 12.7 Å². The summed E-state index contributed by atoms with van der Waals surface area (Å²) in [4.78, 5) is 33.2. The van der Waals surface area contributed by atoms with Crippen LogP contribution in [-0.4, -0.2) is 31.1 Å². The number of hydrogen-bond donors (Lipinski definition) is 0. The largest absolute Gasteiger partial charge is 0.438 e. The first-order valence-electron chi connectivity index (χ1n) is 12.1. The smallest absolute Gasteiger partial charge is 0.269 e. The van der Waals surface area contributed by atoms with E-state index in [9.17, 15) is 14.0 Å². The second-order valence-corrected chi connectivity index (χ2v) is 10.4. The molecule has 0 saturated carbocycles. The number of pyridine rings is 1. The van der Waals surface area contributed by atoms with Crippen LogP contribution >= 0.6 is 24.0 Å². The summed E-state index contributed by atoms with van der Waals surface area (Å²) >= 11 is 6.64. The van der Waals surface area contributed by atoms with Crippen molar-refractivity contribution >= 4 is 45.9 Å². The first-order chi connectivity index (χ1) is 17.4. The number of nitrogens with zero attached hydrogens (tertiary/aromatic N) is 3. The second kappa shape index (κ2) is 11.8. The number of hydrogen-bond acceptors (Lipinski definition) is 6. The Morgan fingerprint density at radius 2 is 1.81 bits per heavy atom. The van der Waals surface area contributed by atoms with Crippen molar-refractivity contribution in [3.8, 4) is 11.6 Å². The number of halogens is 1. The fourth-order valence-electron chi connectivity index (χ4n) is 3.98. The molecule has 1 fully saturated rings. The van der Waals surface area contributed by atoms with Gasteiger partial charge < -0.3 is 4.74 Å². The number of aryl methyl sites for hydroxylation is 1. The van der Waals surface area contributed by atoms with E-state index in [0.717, 1.165) is 24.8 Å². The molecule has 3 heterocycles. The molecular formula is C27H28FN3O3S2. The summed E-state index contributed by atoms with van der Waals surface area (Å²) in [7, 11) is 0. The lowest BCUT2D eigenvalue weighted by molar-refractivity contribution is -0.122. The Morgan fingerprint density at radius 1 is 1.08 bits per heavy atom. The maximum absolute atomic E-state index is 13.5. The van der Waals surface area contributed by atoms with Crippen LogP contribution in [0.15, 0.2) is 52.3 Å². The van der Waals surface area contributed by atoms with Crippen molar-refractivity contribution < 1.29 is 13.9 Å². The molecule has 0 radical (unpaired) electrons. The van der Waals surface area contributed by atoms with Crippen LogP contribution < -0.4 is 10.3 Å². The molecule has 188 valence electrons. The molecular weight excluding hydrogens is 497 g/mol. The Kier molecular flexibility index (Phi) is 8.53. The molecule has 0 unspecified atom stereocenters. The van der Waals surface area contributed by atoms with Crippen molar-refractivity contribution in [3.63, 3.8) is 0 Å². The van der Waals surface area contributed by atoms with E-state index >= 15 is 0 Å². The van der Waals surface area contributed by atoms with Gasteiger partial charge in [0.25, 0.3) is 11.5 Å². The molecule has 4 rings (SSSR count). The molecule has 1 aliphatic heterocycles. The van der Waals surface area contributed by atoms with Crippen LogP contribution in [0.2, 0.25) is 0 Å². The number of fused-ring (bicyclic) bond motifs is 1. The fourth-order valence-corrected chi connectivity index (χ4v) is 5.27. The summed E-state index contributed by atoms with van der Waals surface area (Å²) in [6.07, 6.45) is 9.80. The van der Waals surface area contributed by atoms with Gasteiger partial charge in [-0.2, -0.15) is 4.98 Å². The maximum Gasteiger partial charge on any atom is 0.269 e. The third kappa shape index (κ3) is 5.84. The molecule has 1 amide bonds. The van der Waals surface area contributed by atoms with Gasteiger partial charge in [0.15, 0.2) is 0 Å². The van der Waals surface area contributed by atoms with E-state index in [2.05, 4.69) is 11.9 Å². The highest BCUT2D eigenvalue weighted by molar-refractivity contribution is 8.26. The molecule has 9 heteroatoms. The summed E-state index contributed by atoms with van der Waals surface area (Å²) in [6.45, 7) is 4.58. The number of benzene rings is 1. The van der Waals surface area contributed by atoms with Crippen LogP contribution in [0.4, 0.5) is 4.39 Å². The zero-order valence-corrected chi connectivity index (χ0v) is 22.0. The topological polar surface area (TPSA) is 63.9 Å². The van der Waals surface area contributed by atoms with Crippen LogP contribution in [-0.2, 0) is 4.79 Å². The molecule has 1 aromatic carbocycles. The van der Waals surface area contributed by atoms with E-state index in [4.69, 9.17) is 17.0 Å². The van der Waals surface area contributed by atoms with Gasteiger partial charge in [0.1, 0.15) is 27.1 Å². The Morgan fingerprint density at radius 3 is 2.56 bits per heavy atom. The number of amides is 1. The maximum atomic E-state index is 13.5. The fraction of sp³-hybridized carbons (Fsp3) is 0.333. The first kappa shape index (κ1) is 26.0. The molecule has 6 nitrogen and oxygen atoms in total. The first-order valence-corrected chi connectivity index (χ1v) is 13.3. The quantitative estimate of drug-likeness (QED) is 0.171. The summed E-state index contributed by atoms with van der Waals surface area (Å²) < 4.78 is 21.2. The Hall–Kier alpha value is -3.04. The highest BCUT2D eigenvalue weighted by Gasteiger charge is 2.32. The second-order valence-electron chi connectivity index (χ2n) is 8.68. The average molecular weight is 526 g/mol. The Bertz CT molecular complexity index is 1370. The number of carbonyl (C=O) groups is 1. The predicted molar refractivity (Wildman–Crippen MR) is 146 cm³/mol. The summed E-state index contributed by atoms with van der Waals surface area (Å²) in [6, 6.07) is 9.05. The lowest BCUT2D eigenvalue weighted by atomic mass is 10.1. The molecule has 0 spiro atoms. The highest BCUT2D eigenvalue weighted by Crippen LogP contribution is 2.34. The van der Waals surface area contributed by atoms with Crippen molar-refractivity contribution in [2.75, 3.05) is 6.54 Å². The normalized spacial score (nSPS) is 14.9. The molecule has 2 aromatic heterocycles. The van der Waals surface area contributed by atoms with Crippen LogP contribution in [0.3, 0.4) is 0 Å². The average Bonchev–Trinajstić information content (AvgIpc) is 3.13. The summed E-state index contributed by atoms with van der Waals surface area (Å²) in [5, 5.41) is 0. The third-order valence-electron chi connectivity index (χ3n) is 5.96. The zero-order chi connectivity index (χ0) is 25.7. The van der Waals surface area contributed by atoms with E-state index in [0.29, 0.717) is 27.2 Å². The van der Waals surface area contributed by atoms with Crippen molar-refractivity contribution in [2.24, 2.45) is 0 Å². The third-order valence-corrected chi connectivity index (χ3v) is 7.34. The summed E-state index contributed by atoms with van der Waals surface area (Å²) in [5.41, 5.74) is 0.979. The van der Waals surface area contributed by atoms with Gasteiger partial charge >= 0.3 is 0 Å². The van der Waals surface area contributed by atoms with E-state index < -0.39 is 5.82 Å². The minimum Gasteiger partial charge on any atom is -0.438 e. The molecule has 1 saturated heterocycles. The number of ether oxygens (including phenoxy) is 1. The van der Waals surface area contributed by atoms with E-state index in [1.807, 2.05) is 13.0 Å². The highest BCUT2D eigenvalue weighted by atomic mass is 32.2. The van der Waals surface area contributed by atoms with Crippen molar-refractivity contribution in [3.05, 3.63) is 74.8 Å². The lowest BCUT2D eigenvalue weighted by Crippen LogP contribution is -2.29. The van der Waals surface area contributed by atoms with Gasteiger partial charge in [-0.3, -0.25) is 18.9 Å². The summed E-state index contributed by atoms with van der Waals surface area (Å²) in [5.74, 6) is -0.257. The SMILES string of the molecule is CCCCCCCCN1C(=O)/C(=C\c2c(Oc3ccc(F)cc3)nc3c(C)cccn3c2=O)SC1=S. The van der Waals surface area contributed by atoms with Crippen LogP contribution in [0.1, 0.15) is 56.6 Å². The van der Waals surface area contributed by atoms with Crippen LogP contribution in [0.25, 0.3) is 11.7 Å². The Balaban J connectivity index is 1.65. The van der Waals surface area contributed by atoms with Crippen LogP contribution in [0.5, 0.6) is 11.6 Å². The Labute approximate surface area is 219 Å². The van der Waals surface area contributed by atoms with Gasteiger partial charge in [-0.05, 0) is 55.3 Å². The number of carbonyl (C=O) groups excluding carboxylic acids is 1. The monoisotopic (exact) mass is 525 g/mol. The molecule has 0 aliphatic carbocycles. The molecule has 36 heavy (non-hydrogen) atoms. The van der Waals surface area contributed by atoms with E-state index in [1.54, 1.807) is 17.2 Å². The molecule has 1 aliphatic rings. The van der Waals surface area contributed by atoms with Gasteiger partial charge in [-0.25, -0.2) is 4.39 Å². The van der Waals surface area contributed by atoms with Crippen molar-refractivity contribution in [1.29, 1.82) is 0 Å².